The van der Waals surface area contributed by atoms with Gasteiger partial charge in [-0.25, -0.2) is 9.97 Å². The van der Waals surface area contributed by atoms with Crippen molar-refractivity contribution in [2.75, 3.05) is 36.8 Å². The molecule has 2 aromatic carbocycles. The molecule has 5 rings (SSSR count). The van der Waals surface area contributed by atoms with E-state index in [4.69, 9.17) is 11.5 Å². The molecule has 5 N–H and O–H groups in total. The normalized spacial score (nSPS) is 17.8. The fourth-order valence-corrected chi connectivity index (χ4v) is 4.71. The van der Waals surface area contributed by atoms with Crippen molar-refractivity contribution in [1.29, 1.82) is 0 Å². The molecule has 0 unspecified atom stereocenters. The van der Waals surface area contributed by atoms with Crippen LogP contribution in [0, 0.1) is 0 Å². The third-order valence-electron chi connectivity index (χ3n) is 6.96. The molecule has 1 aliphatic heterocycles. The molecule has 34 heavy (non-hydrogen) atoms. The Hall–Kier alpha value is -3.78. The number of amides is 1. The van der Waals surface area contributed by atoms with Crippen molar-refractivity contribution < 1.29 is 4.79 Å². The van der Waals surface area contributed by atoms with Crippen LogP contribution in [-0.2, 0) is 5.41 Å². The van der Waals surface area contributed by atoms with Gasteiger partial charge in [0.2, 0.25) is 5.95 Å². The van der Waals surface area contributed by atoms with Crippen molar-refractivity contribution >= 4 is 23.4 Å². The lowest BCUT2D eigenvalue weighted by Crippen LogP contribution is -2.47. The highest BCUT2D eigenvalue weighted by Crippen LogP contribution is 2.44. The third kappa shape index (κ3) is 4.24. The molecule has 0 bridgehead atoms. The lowest BCUT2D eigenvalue weighted by atomic mass is 9.63. The van der Waals surface area contributed by atoms with Gasteiger partial charge in [0.05, 0.1) is 5.41 Å². The lowest BCUT2D eigenvalue weighted by Gasteiger charge is -2.41. The topological polar surface area (TPSA) is 123 Å². The number of benzene rings is 2. The first kappa shape index (κ1) is 22.0. The first-order valence-electron chi connectivity index (χ1n) is 11.7. The summed E-state index contributed by atoms with van der Waals surface area (Å²) in [7, 11) is 0. The van der Waals surface area contributed by atoms with E-state index in [1.54, 1.807) is 12.4 Å². The van der Waals surface area contributed by atoms with Crippen molar-refractivity contribution in [3.05, 3.63) is 72.1 Å². The molecule has 1 saturated carbocycles. The van der Waals surface area contributed by atoms with E-state index in [0.29, 0.717) is 11.4 Å². The SMILES string of the molecule is NC(=NC(=O)c1ccc(N2CCNCC2)cc1)C1(c2ccc(-c3cnc(N)nc3)cc2)CCC1. The molecular weight excluding hydrogens is 426 g/mol. The molecule has 2 fully saturated rings. The molecule has 8 nitrogen and oxygen atoms in total. The van der Waals surface area contributed by atoms with Gasteiger partial charge in [0.1, 0.15) is 5.84 Å². The van der Waals surface area contributed by atoms with Gasteiger partial charge in [-0.1, -0.05) is 30.7 Å². The van der Waals surface area contributed by atoms with Crippen LogP contribution in [0.5, 0.6) is 0 Å². The van der Waals surface area contributed by atoms with Crippen molar-refractivity contribution in [2.24, 2.45) is 10.7 Å². The third-order valence-corrected chi connectivity index (χ3v) is 6.96. The number of hydrogen-bond acceptors (Lipinski definition) is 6. The van der Waals surface area contributed by atoms with Gasteiger partial charge in [-0.3, -0.25) is 4.79 Å². The van der Waals surface area contributed by atoms with E-state index in [2.05, 4.69) is 37.3 Å². The number of aliphatic imine (C=N–C) groups is 1. The van der Waals surface area contributed by atoms with Crippen LogP contribution >= 0.6 is 0 Å². The molecular formula is C26H29N7O. The average Bonchev–Trinajstić information content (AvgIpc) is 2.85. The van der Waals surface area contributed by atoms with E-state index in [-0.39, 0.29) is 11.9 Å². The summed E-state index contributed by atoms with van der Waals surface area (Å²) in [5.74, 6) is 0.339. The van der Waals surface area contributed by atoms with E-state index >= 15 is 0 Å². The fraction of sp³-hybridized carbons (Fsp3) is 0.308. The first-order valence-corrected chi connectivity index (χ1v) is 11.7. The summed E-state index contributed by atoms with van der Waals surface area (Å²) in [6, 6.07) is 15.8. The Kier molecular flexibility index (Phi) is 5.98. The highest BCUT2D eigenvalue weighted by atomic mass is 16.1. The summed E-state index contributed by atoms with van der Waals surface area (Å²) in [6.45, 7) is 3.87. The predicted molar refractivity (Wildman–Crippen MR) is 135 cm³/mol. The second-order valence-electron chi connectivity index (χ2n) is 8.93. The molecule has 2 aliphatic rings. The Morgan fingerprint density at radius 1 is 0.941 bits per heavy atom. The molecule has 0 atom stereocenters. The van der Waals surface area contributed by atoms with Crippen LogP contribution in [0.3, 0.4) is 0 Å². The Bertz CT molecular complexity index is 1180. The zero-order valence-electron chi connectivity index (χ0n) is 19.1. The summed E-state index contributed by atoms with van der Waals surface area (Å²) in [5, 5.41) is 3.35. The van der Waals surface area contributed by atoms with Gasteiger partial charge >= 0.3 is 0 Å². The number of nitrogens with zero attached hydrogens (tertiary/aromatic N) is 4. The van der Waals surface area contributed by atoms with E-state index in [1.807, 2.05) is 36.4 Å². The Morgan fingerprint density at radius 3 is 2.18 bits per heavy atom. The minimum atomic E-state index is -0.396. The zero-order valence-corrected chi connectivity index (χ0v) is 19.1. The molecule has 174 valence electrons. The summed E-state index contributed by atoms with van der Waals surface area (Å²) >= 11 is 0. The van der Waals surface area contributed by atoms with Crippen LogP contribution in [0.2, 0.25) is 0 Å². The van der Waals surface area contributed by atoms with Crippen molar-refractivity contribution in [3.8, 4) is 11.1 Å². The van der Waals surface area contributed by atoms with Gasteiger partial charge in [-0.2, -0.15) is 4.99 Å². The zero-order chi connectivity index (χ0) is 23.5. The van der Waals surface area contributed by atoms with Crippen LogP contribution in [0.15, 0.2) is 65.9 Å². The lowest BCUT2D eigenvalue weighted by molar-refractivity contribution is 0.100. The summed E-state index contributed by atoms with van der Waals surface area (Å²) < 4.78 is 0. The highest BCUT2D eigenvalue weighted by molar-refractivity contribution is 6.06. The average molecular weight is 456 g/mol. The number of aromatic nitrogens is 2. The first-order chi connectivity index (χ1) is 16.5. The molecule has 1 aromatic heterocycles. The highest BCUT2D eigenvalue weighted by Gasteiger charge is 2.42. The second-order valence-corrected chi connectivity index (χ2v) is 8.93. The van der Waals surface area contributed by atoms with Crippen molar-refractivity contribution in [1.82, 2.24) is 15.3 Å². The number of nitrogens with one attached hydrogen (secondary N) is 1. The monoisotopic (exact) mass is 455 g/mol. The molecule has 2 heterocycles. The summed E-state index contributed by atoms with van der Waals surface area (Å²) in [6.07, 6.45) is 6.22. The number of rotatable bonds is 5. The molecule has 0 radical (unpaired) electrons. The molecule has 0 spiro atoms. The number of amidine groups is 1. The van der Waals surface area contributed by atoms with E-state index in [0.717, 1.165) is 67.8 Å². The number of hydrogen-bond donors (Lipinski definition) is 3. The largest absolute Gasteiger partial charge is 0.386 e. The van der Waals surface area contributed by atoms with Crippen LogP contribution in [0.1, 0.15) is 35.2 Å². The number of carbonyl (C=O) groups is 1. The van der Waals surface area contributed by atoms with Gasteiger partial charge in [-0.05, 0) is 48.2 Å². The smallest absolute Gasteiger partial charge is 0.278 e. The van der Waals surface area contributed by atoms with E-state index in [9.17, 15) is 4.79 Å². The summed E-state index contributed by atoms with van der Waals surface area (Å²) in [4.78, 5) is 27.7. The number of nitrogen functional groups attached to an aromatic ring is 1. The van der Waals surface area contributed by atoms with Crippen LogP contribution in [0.4, 0.5) is 11.6 Å². The maximum atomic E-state index is 12.9. The van der Waals surface area contributed by atoms with E-state index < -0.39 is 5.41 Å². The van der Waals surface area contributed by atoms with Crippen molar-refractivity contribution in [3.63, 3.8) is 0 Å². The number of anilines is 2. The van der Waals surface area contributed by atoms with Gasteiger partial charge in [0.25, 0.3) is 5.91 Å². The fourth-order valence-electron chi connectivity index (χ4n) is 4.71. The molecule has 8 heteroatoms. The van der Waals surface area contributed by atoms with Crippen LogP contribution in [0.25, 0.3) is 11.1 Å². The Balaban J connectivity index is 1.33. The second kappa shape index (κ2) is 9.23. The minimum absolute atomic E-state index is 0.251. The number of nitrogens with two attached hydrogens (primary N) is 2. The maximum absolute atomic E-state index is 12.9. The predicted octanol–water partition coefficient (Wildman–Crippen LogP) is 2.75. The quantitative estimate of drug-likeness (QED) is 0.399. The van der Waals surface area contributed by atoms with Gasteiger partial charge < -0.3 is 21.7 Å². The van der Waals surface area contributed by atoms with Gasteiger partial charge in [0.15, 0.2) is 0 Å². The Labute approximate surface area is 199 Å². The molecule has 1 amide bonds. The summed E-state index contributed by atoms with van der Waals surface area (Å²) in [5.41, 5.74) is 16.3. The van der Waals surface area contributed by atoms with Crippen molar-refractivity contribution in [2.45, 2.75) is 24.7 Å². The molecule has 1 saturated heterocycles. The van der Waals surface area contributed by atoms with Gasteiger partial charge in [0, 0.05) is 55.4 Å². The standard InChI is InChI=1S/C26H29N7O/c27-24(32-23(34)19-4-8-22(9-5-19)33-14-12-29-13-15-33)26(10-1-11-26)21-6-2-18(3-7-21)20-16-30-25(28)31-17-20/h2-9,16-17,29H,1,10-15H2,(H2,27,32,34)(H2,28,30,31). The van der Waals surface area contributed by atoms with Gasteiger partial charge in [-0.15, -0.1) is 0 Å². The minimum Gasteiger partial charge on any atom is -0.386 e. The van der Waals surface area contributed by atoms with Crippen LogP contribution < -0.4 is 21.7 Å². The molecule has 3 aromatic rings. The number of carbonyl (C=O) groups excluding carboxylic acids is 1. The van der Waals surface area contributed by atoms with Crippen LogP contribution in [-0.4, -0.2) is 47.9 Å². The maximum Gasteiger partial charge on any atom is 0.278 e. The van der Waals surface area contributed by atoms with E-state index in [1.165, 1.54) is 0 Å². The Morgan fingerprint density at radius 2 is 1.59 bits per heavy atom. The number of piperazine rings is 1. The molecule has 1 aliphatic carbocycles.